The largest absolute Gasteiger partial charge is 0.475 e. The summed E-state index contributed by atoms with van der Waals surface area (Å²) >= 11 is 0. The first-order valence-corrected chi connectivity index (χ1v) is 21.0. The second-order valence-electron chi connectivity index (χ2n) is 12.5. The van der Waals surface area contributed by atoms with Crippen LogP contribution in [0.4, 0.5) is 0 Å². The lowest BCUT2D eigenvalue weighted by atomic mass is 10.0. The number of phosphoric acid groups is 1. The minimum atomic E-state index is -4.79. The third-order valence-corrected chi connectivity index (χ3v) is 12.6. The Morgan fingerprint density at radius 1 is 1.04 bits per heavy atom. The maximum absolute atomic E-state index is 14.9. The summed E-state index contributed by atoms with van der Waals surface area (Å²) < 4.78 is 78.5. The van der Waals surface area contributed by atoms with Crippen LogP contribution < -0.4 is 22.5 Å². The van der Waals surface area contributed by atoms with Gasteiger partial charge in [0.1, 0.15) is 43.0 Å². The Morgan fingerprint density at radius 3 is 2.23 bits per heavy atom. The van der Waals surface area contributed by atoms with Crippen LogP contribution >= 0.6 is 29.4 Å². The number of esters is 1. The van der Waals surface area contributed by atoms with Gasteiger partial charge in [0.05, 0.1) is 25.2 Å². The molecule has 20 nitrogen and oxygen atoms in total. The standard InChI is InChI=1S/C32H41N4O15PS2.CH4O/c1-6-13-45-21-15-53-54-16-22(21)50-52(43,51-26-18(3)29(47-19(26)4)35-11-9-23(38)33-31(35)41)46-14-20-27(49-25(40)8-7-17(2)37)28(44-5)30(48-20)36-12-10-24(39)34-32(36)42;1-2/h1,9-12,18-22,26-30H,7-8,13-16H2,2-5H3,(H,33,38,41)(H,34,39,42);2H,1H3/t18-,19+,20+,21+,22?,26?,27?,28-,29+,30+,52?;/m0./s1/i4D;2T. The number of nitrogens with zero attached hydrogens (tertiary/aromatic N) is 2. The van der Waals surface area contributed by atoms with Crippen molar-refractivity contribution in [1.29, 1.82) is 1.43 Å². The highest BCUT2D eigenvalue weighted by atomic mass is 33.1. The van der Waals surface area contributed by atoms with Gasteiger partial charge in [0.25, 0.3) is 11.1 Å². The summed E-state index contributed by atoms with van der Waals surface area (Å²) in [5, 5.41) is 3.50. The highest BCUT2D eigenvalue weighted by molar-refractivity contribution is 8.76. The first-order valence-electron chi connectivity index (χ1n) is 18.2. The predicted molar refractivity (Wildman–Crippen MR) is 201 cm³/mol. The Kier molecular flexibility index (Phi) is 15.8. The smallest absolute Gasteiger partial charge is 0.456 e. The number of aromatic amines is 2. The molecule has 0 radical (unpaired) electrons. The summed E-state index contributed by atoms with van der Waals surface area (Å²) in [5.74, 6) is 1.23. The van der Waals surface area contributed by atoms with E-state index >= 15 is 0 Å². The lowest BCUT2D eigenvalue weighted by Gasteiger charge is -2.34. The average molecular weight is 852 g/mol. The highest BCUT2D eigenvalue weighted by Gasteiger charge is 2.52. The number of Topliss-reactive ketones (excluding diaryl/α,β-unsaturated/α-hetero) is 1. The molecule has 5 rings (SSSR count). The van der Waals surface area contributed by atoms with Crippen LogP contribution in [0, 0.1) is 18.3 Å². The van der Waals surface area contributed by atoms with Gasteiger partial charge in [0.2, 0.25) is 1.43 Å². The zero-order valence-corrected chi connectivity index (χ0v) is 33.3. The SMILES string of the molecule is [2H]C[C@H]1O[C@@H](n2ccc(=O)[nH]c2=O)[C@@H](C)C1OP(=O)(OC[C@H]1O[C@@H](n2ccc(=O)[nH]c2=O)[C@@H](OC)C1OC(=O)CCC(C)=O)OC1CSSC[C@H]1OCC#C.[3H]OC. The molecule has 3 aliphatic heterocycles. The van der Waals surface area contributed by atoms with Crippen molar-refractivity contribution >= 4 is 41.2 Å². The number of aliphatic hydroxyl groups excluding tert-OH is 1. The highest BCUT2D eigenvalue weighted by Crippen LogP contribution is 2.57. The van der Waals surface area contributed by atoms with Gasteiger partial charge in [0, 0.05) is 64.0 Å². The normalized spacial score (nSPS) is 30.2. The number of aliphatic hydroxyl groups is 1. The first kappa shape index (κ1) is 42.3. The molecule has 4 unspecified atom stereocenters. The van der Waals surface area contributed by atoms with Crippen LogP contribution in [0.5, 0.6) is 0 Å². The van der Waals surface area contributed by atoms with Crippen molar-refractivity contribution in [2.45, 2.75) is 88.8 Å². The number of hydrogen-bond acceptors (Lipinski definition) is 18. The van der Waals surface area contributed by atoms with E-state index in [-0.39, 0.29) is 31.0 Å². The number of nitrogens with one attached hydrogen (secondary N) is 2. The molecule has 2 aromatic rings. The van der Waals surface area contributed by atoms with E-state index in [9.17, 15) is 33.3 Å². The first-order chi connectivity index (χ1) is 27.7. The van der Waals surface area contributed by atoms with E-state index in [0.717, 1.165) is 27.5 Å². The fraction of sp³-hybridized carbons (Fsp3) is 0.636. The van der Waals surface area contributed by atoms with Crippen molar-refractivity contribution < 1.29 is 57.9 Å². The van der Waals surface area contributed by atoms with Crippen LogP contribution in [0.1, 0.15) is 47.4 Å². The number of phosphoric ester groups is 1. The Morgan fingerprint density at radius 2 is 1.66 bits per heavy atom. The molecule has 0 spiro atoms. The fourth-order valence-corrected chi connectivity index (χ4v) is 10.2. The number of ether oxygens (including phenoxy) is 5. The Balaban J connectivity index is 0.00000240. The van der Waals surface area contributed by atoms with Crippen molar-refractivity contribution in [2.75, 3.05) is 38.9 Å². The molecule has 2 aromatic heterocycles. The van der Waals surface area contributed by atoms with Crippen LogP contribution in [0.3, 0.4) is 0 Å². The fourth-order valence-electron chi connectivity index (χ4n) is 5.99. The molecule has 3 saturated heterocycles. The summed E-state index contributed by atoms with van der Waals surface area (Å²) in [4.78, 5) is 77.8. The van der Waals surface area contributed by atoms with Crippen molar-refractivity contribution in [3.05, 3.63) is 66.2 Å². The third-order valence-electron chi connectivity index (χ3n) is 8.66. The number of carbonyl (C=O) groups excluding carboxylic acids is 2. The van der Waals surface area contributed by atoms with Crippen LogP contribution in [0.2, 0.25) is 0 Å². The van der Waals surface area contributed by atoms with Gasteiger partial charge in [-0.1, -0.05) is 34.4 Å². The van der Waals surface area contributed by atoms with E-state index in [0.29, 0.717) is 5.75 Å². The molecule has 11 atom stereocenters. The van der Waals surface area contributed by atoms with E-state index in [1.165, 1.54) is 48.9 Å². The van der Waals surface area contributed by atoms with E-state index in [4.69, 9.17) is 46.5 Å². The molecule has 3 N–H and O–H groups in total. The van der Waals surface area contributed by atoms with Gasteiger partial charge in [-0.2, -0.15) is 0 Å². The summed E-state index contributed by atoms with van der Waals surface area (Å²) in [6.45, 7) is 1.82. The molecule has 5 heterocycles. The molecule has 3 aliphatic rings. The molecule has 0 amide bonds. The molecule has 0 aliphatic carbocycles. The number of carbonyl (C=O) groups is 2. The van der Waals surface area contributed by atoms with Crippen LogP contribution in [0.15, 0.2) is 43.7 Å². The predicted octanol–water partition coefficient (Wildman–Crippen LogP) is 0.751. The van der Waals surface area contributed by atoms with Crippen LogP contribution in [-0.4, -0.2) is 119 Å². The Bertz CT molecular complexity index is 2030. The molecular formula is C33H45N4O16PS2. The van der Waals surface area contributed by atoms with Crippen molar-refractivity contribution in [3.63, 3.8) is 0 Å². The minimum absolute atomic E-state index is 0.0672. The summed E-state index contributed by atoms with van der Waals surface area (Å²) in [6.07, 6.45) is -2.51. The number of H-pyrrole nitrogens is 2. The van der Waals surface area contributed by atoms with Gasteiger partial charge in [-0.15, -0.1) is 6.42 Å². The van der Waals surface area contributed by atoms with E-state index in [1.807, 2.05) is 0 Å². The van der Waals surface area contributed by atoms with Gasteiger partial charge >= 0.3 is 25.2 Å². The van der Waals surface area contributed by atoms with Gasteiger partial charge in [0.15, 0.2) is 12.3 Å². The van der Waals surface area contributed by atoms with E-state index in [1.54, 1.807) is 6.92 Å². The van der Waals surface area contributed by atoms with E-state index in [2.05, 4.69) is 21.0 Å². The van der Waals surface area contributed by atoms with Gasteiger partial charge in [-0.3, -0.25) is 47.1 Å². The summed E-state index contributed by atoms with van der Waals surface area (Å²) in [7, 11) is 0.675. The molecule has 0 aromatic carbocycles. The second-order valence-corrected chi connectivity index (χ2v) is 16.6. The maximum atomic E-state index is 14.9. The molecule has 3 fully saturated rings. The summed E-state index contributed by atoms with van der Waals surface area (Å²) in [6, 6.07) is 2.20. The lowest BCUT2D eigenvalue weighted by molar-refractivity contribution is -0.158. The number of ketones is 1. The van der Waals surface area contributed by atoms with E-state index < -0.39 is 111 Å². The maximum Gasteiger partial charge on any atom is 0.475 e. The van der Waals surface area contributed by atoms with Crippen LogP contribution in [0.25, 0.3) is 0 Å². The lowest BCUT2D eigenvalue weighted by Crippen LogP contribution is -2.41. The number of aromatic nitrogens is 4. The van der Waals surface area contributed by atoms with Gasteiger partial charge in [-0.25, -0.2) is 14.2 Å². The number of terminal acetylenes is 1. The molecule has 56 heavy (non-hydrogen) atoms. The zero-order chi connectivity index (χ0) is 42.6. The number of methoxy groups -OCH3 is 1. The van der Waals surface area contributed by atoms with Gasteiger partial charge < -0.3 is 33.6 Å². The second kappa shape index (κ2) is 20.9. The number of hydrogen-bond donors (Lipinski definition) is 3. The third kappa shape index (κ3) is 11.4. The zero-order valence-electron chi connectivity index (χ0n) is 32.8. The van der Waals surface area contributed by atoms with Crippen molar-refractivity contribution in [3.8, 4) is 12.3 Å². The summed E-state index contributed by atoms with van der Waals surface area (Å²) in [5.41, 5.74) is -2.95. The topological polar surface area (TPSA) is 255 Å². The quantitative estimate of drug-likeness (QED) is 0.0912. The molecule has 310 valence electrons. The van der Waals surface area contributed by atoms with Crippen molar-refractivity contribution in [2.24, 2.45) is 5.92 Å². The number of rotatable bonds is 16. The van der Waals surface area contributed by atoms with Gasteiger partial charge in [-0.05, 0) is 13.8 Å². The minimum Gasteiger partial charge on any atom is -0.456 e. The molecule has 23 heteroatoms. The molecule has 0 bridgehead atoms. The molecular weight excluding hydrogens is 803 g/mol. The molecule has 0 saturated carbocycles. The Hall–Kier alpha value is -3.33. The average Bonchev–Trinajstić information content (AvgIpc) is 3.68. The van der Waals surface area contributed by atoms with Crippen LogP contribution in [-0.2, 0) is 51.4 Å². The van der Waals surface area contributed by atoms with Crippen molar-refractivity contribution in [1.82, 2.24) is 19.1 Å². The Labute approximate surface area is 331 Å². The monoisotopic (exact) mass is 851 g/mol.